The van der Waals surface area contributed by atoms with E-state index >= 15 is 0 Å². The standard InChI is InChI=1S/C10H13ClN2O4S/c1-7(2)6-12-18(16,17)10-5-8(13(14)15)3-4-9(10)11/h3-5,7,12H,6H2,1-2H3. The molecule has 1 rings (SSSR count). The predicted octanol–water partition coefficient (Wildman–Crippen LogP) is 2.18. The van der Waals surface area contributed by atoms with E-state index in [1.54, 1.807) is 0 Å². The molecule has 0 radical (unpaired) electrons. The molecule has 0 aromatic heterocycles. The van der Waals surface area contributed by atoms with Crippen LogP contribution in [0.5, 0.6) is 0 Å². The van der Waals surface area contributed by atoms with E-state index in [1.807, 2.05) is 13.8 Å². The maximum absolute atomic E-state index is 11.9. The van der Waals surface area contributed by atoms with Crippen LogP contribution in [0.25, 0.3) is 0 Å². The minimum absolute atomic E-state index is 0.0446. The molecule has 1 aromatic carbocycles. The van der Waals surface area contributed by atoms with E-state index in [0.29, 0.717) is 0 Å². The summed E-state index contributed by atoms with van der Waals surface area (Å²) in [5.74, 6) is 0.122. The Morgan fingerprint density at radius 1 is 1.44 bits per heavy atom. The molecule has 100 valence electrons. The van der Waals surface area contributed by atoms with Crippen LogP contribution < -0.4 is 4.72 Å². The zero-order valence-electron chi connectivity index (χ0n) is 9.88. The lowest BCUT2D eigenvalue weighted by Gasteiger charge is -2.09. The Balaban J connectivity index is 3.15. The number of nitro groups is 1. The van der Waals surface area contributed by atoms with Crippen LogP contribution >= 0.6 is 11.6 Å². The summed E-state index contributed by atoms with van der Waals surface area (Å²) >= 11 is 5.76. The molecule has 0 aliphatic rings. The van der Waals surface area contributed by atoms with Crippen LogP contribution in [0.3, 0.4) is 0 Å². The van der Waals surface area contributed by atoms with Crippen LogP contribution in [0.4, 0.5) is 5.69 Å². The van der Waals surface area contributed by atoms with Crippen molar-refractivity contribution in [3.8, 4) is 0 Å². The summed E-state index contributed by atoms with van der Waals surface area (Å²) in [6.07, 6.45) is 0. The van der Waals surface area contributed by atoms with Gasteiger partial charge in [-0.2, -0.15) is 0 Å². The molecule has 0 unspecified atom stereocenters. The van der Waals surface area contributed by atoms with E-state index in [-0.39, 0.29) is 28.1 Å². The Morgan fingerprint density at radius 2 is 2.06 bits per heavy atom. The highest BCUT2D eigenvalue weighted by atomic mass is 35.5. The minimum Gasteiger partial charge on any atom is -0.258 e. The smallest absolute Gasteiger partial charge is 0.258 e. The molecule has 0 atom stereocenters. The Morgan fingerprint density at radius 3 is 2.56 bits per heavy atom. The number of sulfonamides is 1. The molecule has 0 bridgehead atoms. The first-order valence-electron chi connectivity index (χ1n) is 5.17. The third-order valence-electron chi connectivity index (χ3n) is 2.10. The first kappa shape index (κ1) is 14.9. The van der Waals surface area contributed by atoms with E-state index < -0.39 is 14.9 Å². The van der Waals surface area contributed by atoms with Gasteiger partial charge in [0.1, 0.15) is 4.90 Å². The highest BCUT2D eigenvalue weighted by molar-refractivity contribution is 7.89. The lowest BCUT2D eigenvalue weighted by atomic mass is 10.2. The van der Waals surface area contributed by atoms with Crippen molar-refractivity contribution in [2.75, 3.05) is 6.54 Å². The number of rotatable bonds is 5. The third-order valence-corrected chi connectivity index (χ3v) is 4.00. The number of nitro benzene ring substituents is 1. The molecule has 1 aromatic rings. The summed E-state index contributed by atoms with van der Waals surface area (Å²) in [5.41, 5.74) is -0.315. The fourth-order valence-electron chi connectivity index (χ4n) is 1.17. The van der Waals surface area contributed by atoms with Gasteiger partial charge in [0, 0.05) is 18.7 Å². The van der Waals surface area contributed by atoms with Crippen LogP contribution in [-0.4, -0.2) is 19.9 Å². The lowest BCUT2D eigenvalue weighted by molar-refractivity contribution is -0.385. The highest BCUT2D eigenvalue weighted by Crippen LogP contribution is 2.25. The van der Waals surface area contributed by atoms with E-state index in [1.165, 1.54) is 6.07 Å². The normalized spacial score (nSPS) is 11.8. The van der Waals surface area contributed by atoms with E-state index in [4.69, 9.17) is 11.6 Å². The molecule has 0 heterocycles. The van der Waals surface area contributed by atoms with Gasteiger partial charge in [-0.3, -0.25) is 10.1 Å². The molecule has 0 spiro atoms. The Hall–Kier alpha value is -1.18. The van der Waals surface area contributed by atoms with Crippen molar-refractivity contribution in [3.63, 3.8) is 0 Å². The second kappa shape index (κ2) is 5.64. The zero-order chi connectivity index (χ0) is 13.9. The van der Waals surface area contributed by atoms with Crippen molar-refractivity contribution in [3.05, 3.63) is 33.3 Å². The molecule has 8 heteroatoms. The van der Waals surface area contributed by atoms with Crippen molar-refractivity contribution < 1.29 is 13.3 Å². The minimum atomic E-state index is -3.83. The van der Waals surface area contributed by atoms with Crippen molar-refractivity contribution in [1.29, 1.82) is 0 Å². The van der Waals surface area contributed by atoms with Gasteiger partial charge in [-0.05, 0) is 12.0 Å². The maximum atomic E-state index is 11.9. The molecule has 1 N–H and O–H groups in total. The largest absolute Gasteiger partial charge is 0.270 e. The zero-order valence-corrected chi connectivity index (χ0v) is 11.5. The molecule has 0 amide bonds. The van der Waals surface area contributed by atoms with E-state index in [2.05, 4.69) is 4.72 Å². The number of hydrogen-bond acceptors (Lipinski definition) is 4. The number of halogens is 1. The van der Waals surface area contributed by atoms with Gasteiger partial charge in [0.2, 0.25) is 10.0 Å². The summed E-state index contributed by atoms with van der Waals surface area (Å²) in [4.78, 5) is 9.66. The number of nitrogens with one attached hydrogen (secondary N) is 1. The number of nitrogens with zero attached hydrogens (tertiary/aromatic N) is 1. The summed E-state index contributed by atoms with van der Waals surface area (Å²) in [7, 11) is -3.83. The Labute approximate surface area is 110 Å². The number of benzene rings is 1. The van der Waals surface area contributed by atoms with Gasteiger partial charge in [0.05, 0.1) is 9.95 Å². The molecule has 0 aliphatic heterocycles. The second-order valence-electron chi connectivity index (χ2n) is 4.12. The number of hydrogen-bond donors (Lipinski definition) is 1. The van der Waals surface area contributed by atoms with Gasteiger partial charge >= 0.3 is 0 Å². The van der Waals surface area contributed by atoms with Crippen LogP contribution in [0.2, 0.25) is 5.02 Å². The average molecular weight is 293 g/mol. The van der Waals surface area contributed by atoms with E-state index in [9.17, 15) is 18.5 Å². The molecule has 0 aliphatic carbocycles. The summed E-state index contributed by atoms with van der Waals surface area (Å²) < 4.78 is 26.2. The lowest BCUT2D eigenvalue weighted by Crippen LogP contribution is -2.27. The van der Waals surface area contributed by atoms with Crippen molar-refractivity contribution in [2.24, 2.45) is 5.92 Å². The van der Waals surface area contributed by atoms with Gasteiger partial charge in [0.25, 0.3) is 5.69 Å². The summed E-state index contributed by atoms with van der Waals surface area (Å²) in [6, 6.07) is 3.30. The van der Waals surface area contributed by atoms with Gasteiger partial charge in [-0.15, -0.1) is 0 Å². The Kier molecular flexibility index (Phi) is 4.66. The molecule has 0 fully saturated rings. The average Bonchev–Trinajstić information content (AvgIpc) is 2.26. The monoisotopic (exact) mass is 292 g/mol. The first-order chi connectivity index (χ1) is 8.24. The second-order valence-corrected chi connectivity index (χ2v) is 6.26. The van der Waals surface area contributed by atoms with Gasteiger partial charge in [0.15, 0.2) is 0 Å². The molecule has 18 heavy (non-hydrogen) atoms. The van der Waals surface area contributed by atoms with Crippen molar-refractivity contribution in [1.82, 2.24) is 4.72 Å². The van der Waals surface area contributed by atoms with Crippen LogP contribution in [0.1, 0.15) is 13.8 Å². The summed E-state index contributed by atoms with van der Waals surface area (Å²) in [6.45, 7) is 3.93. The van der Waals surface area contributed by atoms with Crippen LogP contribution in [0.15, 0.2) is 23.1 Å². The van der Waals surface area contributed by atoms with Crippen LogP contribution in [-0.2, 0) is 10.0 Å². The van der Waals surface area contributed by atoms with Gasteiger partial charge < -0.3 is 0 Å². The Bertz CT molecular complexity index is 557. The number of non-ortho nitro benzene ring substituents is 1. The van der Waals surface area contributed by atoms with Gasteiger partial charge in [-0.25, -0.2) is 13.1 Å². The fourth-order valence-corrected chi connectivity index (χ4v) is 2.90. The molecule has 6 nitrogen and oxygen atoms in total. The van der Waals surface area contributed by atoms with Crippen LogP contribution in [0, 0.1) is 16.0 Å². The first-order valence-corrected chi connectivity index (χ1v) is 7.03. The SMILES string of the molecule is CC(C)CNS(=O)(=O)c1cc([N+](=O)[O-])ccc1Cl. The molecule has 0 saturated carbocycles. The molecular weight excluding hydrogens is 280 g/mol. The van der Waals surface area contributed by atoms with Crippen molar-refractivity contribution >= 4 is 27.3 Å². The summed E-state index contributed by atoms with van der Waals surface area (Å²) in [5, 5.41) is 10.6. The highest BCUT2D eigenvalue weighted by Gasteiger charge is 2.21. The molecular formula is C10H13ClN2O4S. The quantitative estimate of drug-likeness (QED) is 0.665. The predicted molar refractivity (Wildman–Crippen MR) is 68.1 cm³/mol. The van der Waals surface area contributed by atoms with Crippen molar-refractivity contribution in [2.45, 2.75) is 18.7 Å². The maximum Gasteiger partial charge on any atom is 0.270 e. The topological polar surface area (TPSA) is 89.3 Å². The van der Waals surface area contributed by atoms with E-state index in [0.717, 1.165) is 12.1 Å². The third kappa shape index (κ3) is 3.66. The molecule has 0 saturated heterocycles. The fraction of sp³-hybridized carbons (Fsp3) is 0.400. The van der Waals surface area contributed by atoms with Gasteiger partial charge in [-0.1, -0.05) is 25.4 Å².